The molecule has 1 atom stereocenters. The number of allylic oxidation sites excluding steroid dienone is 1. The Morgan fingerprint density at radius 1 is 1.26 bits per heavy atom. The van der Waals surface area contributed by atoms with E-state index in [2.05, 4.69) is 10.3 Å². The van der Waals surface area contributed by atoms with Crippen LogP contribution in [0, 0.1) is 0 Å². The van der Waals surface area contributed by atoms with Gasteiger partial charge in [-0.1, -0.05) is 17.8 Å². The van der Waals surface area contributed by atoms with Gasteiger partial charge in [0.1, 0.15) is 11.8 Å². The lowest BCUT2D eigenvalue weighted by molar-refractivity contribution is -0.139. The van der Waals surface area contributed by atoms with Crippen molar-refractivity contribution in [2.75, 3.05) is 13.4 Å². The fourth-order valence-corrected chi connectivity index (χ4v) is 5.00. The second kappa shape index (κ2) is 9.30. The van der Waals surface area contributed by atoms with E-state index < -0.39 is 12.0 Å². The van der Waals surface area contributed by atoms with E-state index in [0.29, 0.717) is 40.2 Å². The number of furan rings is 1. The first kappa shape index (κ1) is 22.1. The Kier molecular flexibility index (Phi) is 6.06. The maximum atomic E-state index is 12.8. The lowest BCUT2D eigenvalue weighted by Gasteiger charge is -2.34. The molecule has 0 aliphatic carbocycles. The Morgan fingerprint density at radius 2 is 2.12 bits per heavy atom. The summed E-state index contributed by atoms with van der Waals surface area (Å²) in [7, 11) is 0. The zero-order valence-corrected chi connectivity index (χ0v) is 19.5. The Hall–Kier alpha value is -3.66. The van der Waals surface area contributed by atoms with Gasteiger partial charge in [-0.2, -0.15) is 0 Å². The number of rotatable bonds is 7. The van der Waals surface area contributed by atoms with Gasteiger partial charge < -0.3 is 28.8 Å². The number of carbonyl (C=O) groups excluding carboxylic acids is 2. The molecule has 10 heteroatoms. The molecule has 3 aliphatic rings. The van der Waals surface area contributed by atoms with Crippen LogP contribution >= 0.6 is 11.8 Å². The number of benzene rings is 1. The van der Waals surface area contributed by atoms with Crippen LogP contribution in [0.2, 0.25) is 0 Å². The molecule has 2 aromatic rings. The molecule has 34 heavy (non-hydrogen) atoms. The molecule has 1 amide bonds. The number of carbonyl (C=O) groups is 2. The first-order valence-electron chi connectivity index (χ1n) is 10.8. The quantitative estimate of drug-likeness (QED) is 0.595. The molecule has 1 aromatic carbocycles. The Bertz CT molecular complexity index is 1220. The predicted molar refractivity (Wildman–Crippen MR) is 125 cm³/mol. The molecule has 1 aromatic heterocycles. The lowest BCUT2D eigenvalue weighted by atomic mass is 9.99. The smallest absolute Gasteiger partial charge is 0.338 e. The topological polar surface area (TPSA) is 103 Å². The number of hydrogen-bond acceptors (Lipinski definition) is 9. The molecular weight excluding hydrogens is 458 g/mol. The van der Waals surface area contributed by atoms with Gasteiger partial charge in [0.2, 0.25) is 12.7 Å². The van der Waals surface area contributed by atoms with Crippen molar-refractivity contribution in [2.45, 2.75) is 32.9 Å². The molecule has 0 radical (unpaired) electrons. The Morgan fingerprint density at radius 3 is 2.91 bits per heavy atom. The fraction of sp³-hybridized carbons (Fsp3) is 0.292. The van der Waals surface area contributed by atoms with Gasteiger partial charge in [0.05, 0.1) is 30.6 Å². The maximum absolute atomic E-state index is 12.8. The van der Waals surface area contributed by atoms with Crippen molar-refractivity contribution < 1.29 is 28.2 Å². The summed E-state index contributed by atoms with van der Waals surface area (Å²) in [5.41, 5.74) is 2.60. The van der Waals surface area contributed by atoms with Gasteiger partial charge in [-0.15, -0.1) is 0 Å². The van der Waals surface area contributed by atoms with E-state index in [1.54, 1.807) is 32.2 Å². The zero-order valence-electron chi connectivity index (χ0n) is 18.7. The highest BCUT2D eigenvalue weighted by atomic mass is 32.2. The van der Waals surface area contributed by atoms with Crippen LogP contribution in [0.15, 0.2) is 68.4 Å². The summed E-state index contributed by atoms with van der Waals surface area (Å²) in [5.74, 6) is 1.33. The number of nitrogens with one attached hydrogen (secondary N) is 1. The van der Waals surface area contributed by atoms with E-state index in [9.17, 15) is 9.59 Å². The number of fused-ring (bicyclic) bond motifs is 2. The minimum atomic E-state index is -0.565. The van der Waals surface area contributed by atoms with Crippen LogP contribution in [0.5, 0.6) is 11.5 Å². The fourth-order valence-electron chi connectivity index (χ4n) is 4.03. The van der Waals surface area contributed by atoms with E-state index in [4.69, 9.17) is 18.6 Å². The predicted octanol–water partition coefficient (Wildman–Crippen LogP) is 3.85. The average Bonchev–Trinajstić information content (AvgIpc) is 3.58. The van der Waals surface area contributed by atoms with Crippen LogP contribution in [0.4, 0.5) is 0 Å². The van der Waals surface area contributed by atoms with Crippen LogP contribution in [0.3, 0.4) is 0 Å². The normalized spacial score (nSPS) is 18.4. The van der Waals surface area contributed by atoms with E-state index in [1.807, 2.05) is 28.5 Å². The van der Waals surface area contributed by atoms with Gasteiger partial charge in [-0.25, -0.2) is 9.79 Å². The Balaban J connectivity index is 1.33. The summed E-state index contributed by atoms with van der Waals surface area (Å²) in [6.07, 6.45) is 1.67. The minimum absolute atomic E-state index is 0.114. The summed E-state index contributed by atoms with van der Waals surface area (Å²) < 4.78 is 21.7. The van der Waals surface area contributed by atoms with Crippen molar-refractivity contribution in [1.82, 2.24) is 10.2 Å². The largest absolute Gasteiger partial charge is 0.467 e. The van der Waals surface area contributed by atoms with Gasteiger partial charge in [0.25, 0.3) is 0 Å². The molecule has 0 saturated carbocycles. The molecule has 4 heterocycles. The number of ether oxygens (including phenoxy) is 3. The number of thioether (sulfide) groups is 1. The number of nitrogens with zero attached hydrogens (tertiary/aromatic N) is 2. The van der Waals surface area contributed by atoms with Gasteiger partial charge in [-0.05, 0) is 49.1 Å². The number of amidine groups is 1. The number of esters is 1. The highest BCUT2D eigenvalue weighted by Gasteiger charge is 2.42. The van der Waals surface area contributed by atoms with Crippen LogP contribution in [0.25, 0.3) is 0 Å². The third-order valence-corrected chi connectivity index (χ3v) is 6.47. The first-order chi connectivity index (χ1) is 16.5. The summed E-state index contributed by atoms with van der Waals surface area (Å²) >= 11 is 1.41. The Labute approximate surface area is 200 Å². The molecule has 3 aliphatic heterocycles. The summed E-state index contributed by atoms with van der Waals surface area (Å²) in [5, 5.41) is 5.52. The van der Waals surface area contributed by atoms with Gasteiger partial charge >= 0.3 is 5.97 Å². The molecular formula is C24H23N3O6S. The van der Waals surface area contributed by atoms with E-state index in [-0.39, 0.29) is 25.7 Å². The lowest BCUT2D eigenvalue weighted by Crippen LogP contribution is -2.37. The molecule has 0 bridgehead atoms. The average molecular weight is 482 g/mol. The van der Waals surface area contributed by atoms with Gasteiger partial charge in [-0.3, -0.25) is 4.79 Å². The van der Waals surface area contributed by atoms with E-state index in [1.165, 1.54) is 11.8 Å². The second-order valence-electron chi connectivity index (χ2n) is 7.77. The van der Waals surface area contributed by atoms with Crippen molar-refractivity contribution in [3.63, 3.8) is 0 Å². The van der Waals surface area contributed by atoms with Crippen molar-refractivity contribution >= 4 is 28.8 Å². The van der Waals surface area contributed by atoms with E-state index >= 15 is 0 Å². The molecule has 0 unspecified atom stereocenters. The monoisotopic (exact) mass is 481 g/mol. The molecule has 0 fully saturated rings. The number of amides is 1. The maximum Gasteiger partial charge on any atom is 0.338 e. The van der Waals surface area contributed by atoms with Gasteiger partial charge in [0, 0.05) is 12.2 Å². The first-order valence-corrected chi connectivity index (χ1v) is 11.7. The summed E-state index contributed by atoms with van der Waals surface area (Å²) in [6, 6.07) is 8.58. The van der Waals surface area contributed by atoms with E-state index in [0.717, 1.165) is 11.3 Å². The molecule has 1 N–H and O–H groups in total. The van der Waals surface area contributed by atoms with Crippen LogP contribution in [-0.2, 0) is 20.9 Å². The van der Waals surface area contributed by atoms with Gasteiger partial charge in [0.15, 0.2) is 16.7 Å². The van der Waals surface area contributed by atoms with Crippen molar-refractivity contribution in [2.24, 2.45) is 4.99 Å². The molecule has 9 nitrogen and oxygen atoms in total. The molecule has 0 spiro atoms. The third-order valence-electron chi connectivity index (χ3n) is 5.58. The van der Waals surface area contributed by atoms with Crippen LogP contribution in [-0.4, -0.2) is 35.3 Å². The second-order valence-corrected chi connectivity index (χ2v) is 8.61. The SMILES string of the molecule is CCOC(=O)C1=C(C)N=C2SC=C(CC(=O)NCc3ccc4c(c3)OCO4)N2[C@@H]1c1ccco1. The molecule has 0 saturated heterocycles. The van der Waals surface area contributed by atoms with Crippen LogP contribution in [0.1, 0.15) is 37.6 Å². The number of aliphatic imine (C=N–C) groups is 1. The standard InChI is InChI=1S/C24H23N3O6S/c1-3-30-23(29)21-14(2)26-24-27(22(21)18-5-4-8-31-18)16(12-34-24)10-20(28)25-11-15-6-7-17-19(9-15)33-13-32-17/h4-9,12,22H,3,10-11,13H2,1-2H3,(H,25,28)/t22-/m1/s1. The third kappa shape index (κ3) is 4.16. The highest BCUT2D eigenvalue weighted by Crippen LogP contribution is 2.45. The van der Waals surface area contributed by atoms with Crippen LogP contribution < -0.4 is 14.8 Å². The summed E-state index contributed by atoms with van der Waals surface area (Å²) in [4.78, 5) is 32.2. The highest BCUT2D eigenvalue weighted by molar-refractivity contribution is 8.16. The zero-order chi connectivity index (χ0) is 23.7. The molecule has 5 rings (SSSR count). The van der Waals surface area contributed by atoms with Crippen molar-refractivity contribution in [3.05, 3.63) is 70.3 Å². The molecule has 176 valence electrons. The van der Waals surface area contributed by atoms with Crippen molar-refractivity contribution in [3.8, 4) is 11.5 Å². The minimum Gasteiger partial charge on any atom is -0.467 e. The number of hydrogen-bond donors (Lipinski definition) is 1. The van der Waals surface area contributed by atoms with Crippen molar-refractivity contribution in [1.29, 1.82) is 0 Å². The summed E-state index contributed by atoms with van der Waals surface area (Å²) in [6.45, 7) is 4.34.